The minimum absolute atomic E-state index is 0.113. The third kappa shape index (κ3) is 4.68. The predicted octanol–water partition coefficient (Wildman–Crippen LogP) is 6.68. The second-order valence-electron chi connectivity index (χ2n) is 5.38. The van der Waals surface area contributed by atoms with Crippen molar-refractivity contribution in [3.63, 3.8) is 0 Å². The lowest BCUT2D eigenvalue weighted by atomic mass is 10.3. The Labute approximate surface area is 178 Å². The number of carbonyl (C=O) groups excluding carboxylic acids is 1. The first-order valence-electron chi connectivity index (χ1n) is 7.50. The Morgan fingerprint density at radius 2 is 1.82 bits per heavy atom. The number of alkyl halides is 3. The SMILES string of the molecule is O=C(Nc1cc(Br)ccc1Br)Oc1cnn(-c2ccc(Cl)cc2)c1C(F)(F)F. The molecule has 0 aliphatic carbocycles. The quantitative estimate of drug-likeness (QED) is 0.404. The first-order chi connectivity index (χ1) is 13.1. The Bertz CT molecular complexity index is 1020. The van der Waals surface area contributed by atoms with Crippen molar-refractivity contribution < 1.29 is 22.7 Å². The van der Waals surface area contributed by atoms with Crippen molar-refractivity contribution in [1.29, 1.82) is 0 Å². The van der Waals surface area contributed by atoms with Gasteiger partial charge in [-0.25, -0.2) is 9.48 Å². The molecular formula is C17H9Br2ClF3N3O2. The Morgan fingerprint density at radius 3 is 2.46 bits per heavy atom. The molecule has 0 spiro atoms. The van der Waals surface area contributed by atoms with E-state index < -0.39 is 23.7 Å². The maximum atomic E-state index is 13.6. The zero-order valence-electron chi connectivity index (χ0n) is 13.6. The zero-order valence-corrected chi connectivity index (χ0v) is 17.5. The summed E-state index contributed by atoms with van der Waals surface area (Å²) < 4.78 is 47.5. The van der Waals surface area contributed by atoms with E-state index in [9.17, 15) is 18.0 Å². The predicted molar refractivity (Wildman–Crippen MR) is 105 cm³/mol. The van der Waals surface area contributed by atoms with Crippen LogP contribution in [0.15, 0.2) is 57.6 Å². The summed E-state index contributed by atoms with van der Waals surface area (Å²) in [6.07, 6.45) is -5.09. The summed E-state index contributed by atoms with van der Waals surface area (Å²) in [6.45, 7) is 0. The van der Waals surface area contributed by atoms with Crippen LogP contribution in [0.25, 0.3) is 5.69 Å². The van der Waals surface area contributed by atoms with Crippen molar-refractivity contribution in [3.8, 4) is 11.4 Å². The van der Waals surface area contributed by atoms with Crippen molar-refractivity contribution in [1.82, 2.24) is 9.78 Å². The van der Waals surface area contributed by atoms with Crippen LogP contribution in [0.5, 0.6) is 5.75 Å². The van der Waals surface area contributed by atoms with Crippen LogP contribution in [0.4, 0.5) is 23.7 Å². The number of rotatable bonds is 3. The van der Waals surface area contributed by atoms with Crippen LogP contribution in [0.2, 0.25) is 5.02 Å². The molecule has 1 heterocycles. The first kappa shape index (κ1) is 20.7. The van der Waals surface area contributed by atoms with Gasteiger partial charge in [-0.2, -0.15) is 18.3 Å². The molecule has 11 heteroatoms. The normalized spacial score (nSPS) is 11.4. The van der Waals surface area contributed by atoms with E-state index in [0.29, 0.717) is 24.3 Å². The fourth-order valence-corrected chi connectivity index (χ4v) is 3.11. The van der Waals surface area contributed by atoms with Gasteiger partial charge in [-0.15, -0.1) is 0 Å². The molecule has 0 unspecified atom stereocenters. The maximum absolute atomic E-state index is 13.6. The van der Waals surface area contributed by atoms with Crippen LogP contribution >= 0.6 is 43.5 Å². The summed E-state index contributed by atoms with van der Waals surface area (Å²) >= 11 is 12.2. The monoisotopic (exact) mass is 537 g/mol. The first-order valence-corrected chi connectivity index (χ1v) is 9.46. The highest BCUT2D eigenvalue weighted by Gasteiger charge is 2.40. The summed E-state index contributed by atoms with van der Waals surface area (Å²) in [7, 11) is 0. The zero-order chi connectivity index (χ0) is 20.5. The number of hydrogen-bond acceptors (Lipinski definition) is 3. The number of ether oxygens (including phenoxy) is 1. The molecule has 0 saturated carbocycles. The number of benzene rings is 2. The van der Waals surface area contributed by atoms with Crippen LogP contribution < -0.4 is 10.1 Å². The maximum Gasteiger partial charge on any atom is 0.437 e. The lowest BCUT2D eigenvalue weighted by molar-refractivity contribution is -0.143. The Morgan fingerprint density at radius 1 is 1.14 bits per heavy atom. The average molecular weight is 540 g/mol. The van der Waals surface area contributed by atoms with E-state index in [1.54, 1.807) is 18.2 Å². The largest absolute Gasteiger partial charge is 0.437 e. The van der Waals surface area contributed by atoms with Gasteiger partial charge in [0.25, 0.3) is 0 Å². The molecule has 1 aromatic heterocycles. The highest BCUT2D eigenvalue weighted by Crippen LogP contribution is 2.38. The number of aromatic nitrogens is 2. The standard InChI is InChI=1S/C17H9Br2ClF3N3O2/c18-9-1-6-12(19)13(7-9)25-16(27)28-14-8-24-26(15(14)17(21,22)23)11-4-2-10(20)3-5-11/h1-8H,(H,25,27). The van der Waals surface area contributed by atoms with E-state index >= 15 is 0 Å². The summed E-state index contributed by atoms with van der Waals surface area (Å²) in [5.41, 5.74) is -0.793. The van der Waals surface area contributed by atoms with Gasteiger partial charge < -0.3 is 4.74 Å². The Hall–Kier alpha value is -2.04. The molecule has 0 bridgehead atoms. The number of anilines is 1. The smallest absolute Gasteiger partial charge is 0.406 e. The molecule has 1 amide bonds. The Balaban J connectivity index is 1.90. The van der Waals surface area contributed by atoms with E-state index in [2.05, 4.69) is 42.3 Å². The second kappa shape index (κ2) is 8.14. The molecule has 0 aliphatic heterocycles. The third-order valence-corrected chi connectivity index (χ3v) is 4.88. The van der Waals surface area contributed by atoms with Crippen molar-refractivity contribution in [2.45, 2.75) is 6.18 Å². The number of hydrogen-bond donors (Lipinski definition) is 1. The lowest BCUT2D eigenvalue weighted by Gasteiger charge is -2.13. The van der Waals surface area contributed by atoms with Gasteiger partial charge in [0.05, 0.1) is 17.6 Å². The van der Waals surface area contributed by atoms with Crippen LogP contribution in [0, 0.1) is 0 Å². The van der Waals surface area contributed by atoms with Gasteiger partial charge in [0.1, 0.15) is 0 Å². The minimum Gasteiger partial charge on any atom is -0.406 e. The highest BCUT2D eigenvalue weighted by molar-refractivity contribution is 9.11. The van der Waals surface area contributed by atoms with Crippen molar-refractivity contribution in [2.75, 3.05) is 5.32 Å². The van der Waals surface area contributed by atoms with E-state index in [0.717, 1.165) is 6.20 Å². The summed E-state index contributed by atoms with van der Waals surface area (Å²) in [5, 5.41) is 6.44. The van der Waals surface area contributed by atoms with Gasteiger partial charge in [0.2, 0.25) is 0 Å². The van der Waals surface area contributed by atoms with Crippen molar-refractivity contribution in [3.05, 3.63) is 68.3 Å². The molecule has 146 valence electrons. The topological polar surface area (TPSA) is 56.1 Å². The van der Waals surface area contributed by atoms with Gasteiger partial charge in [0.15, 0.2) is 11.4 Å². The molecule has 0 atom stereocenters. The van der Waals surface area contributed by atoms with Crippen LogP contribution in [-0.4, -0.2) is 15.9 Å². The van der Waals surface area contributed by atoms with Gasteiger partial charge >= 0.3 is 12.3 Å². The fraction of sp³-hybridized carbons (Fsp3) is 0.0588. The Kier molecular flexibility index (Phi) is 6.01. The van der Waals surface area contributed by atoms with E-state index in [4.69, 9.17) is 16.3 Å². The van der Waals surface area contributed by atoms with Crippen molar-refractivity contribution in [2.24, 2.45) is 0 Å². The molecule has 3 rings (SSSR count). The molecule has 0 aliphatic rings. The number of amides is 1. The molecule has 2 aromatic carbocycles. The van der Waals surface area contributed by atoms with Gasteiger partial charge in [-0.05, 0) is 58.4 Å². The molecule has 0 saturated heterocycles. The van der Waals surface area contributed by atoms with Crippen molar-refractivity contribution >= 4 is 55.2 Å². The van der Waals surface area contributed by atoms with E-state index in [1.807, 2.05) is 0 Å². The van der Waals surface area contributed by atoms with Gasteiger partial charge in [-0.1, -0.05) is 27.5 Å². The fourth-order valence-electron chi connectivity index (χ4n) is 2.27. The summed E-state index contributed by atoms with van der Waals surface area (Å²) in [4.78, 5) is 12.1. The molecule has 3 aromatic rings. The molecular weight excluding hydrogens is 530 g/mol. The van der Waals surface area contributed by atoms with Crippen LogP contribution in [0.1, 0.15) is 5.69 Å². The summed E-state index contributed by atoms with van der Waals surface area (Å²) in [6, 6.07) is 10.5. The lowest BCUT2D eigenvalue weighted by Crippen LogP contribution is -2.20. The number of carbonyl (C=O) groups is 1. The summed E-state index contributed by atoms with van der Waals surface area (Å²) in [5.74, 6) is -0.730. The molecule has 0 fully saturated rings. The van der Waals surface area contributed by atoms with Gasteiger partial charge in [0, 0.05) is 14.0 Å². The number of nitrogens with one attached hydrogen (secondary N) is 1. The van der Waals surface area contributed by atoms with Gasteiger partial charge in [-0.3, -0.25) is 5.32 Å². The average Bonchev–Trinajstić information content (AvgIpc) is 3.02. The minimum atomic E-state index is -4.82. The number of nitrogens with zero attached hydrogens (tertiary/aromatic N) is 2. The molecule has 5 nitrogen and oxygen atoms in total. The molecule has 1 N–H and O–H groups in total. The third-order valence-electron chi connectivity index (χ3n) is 3.44. The van der Waals surface area contributed by atoms with E-state index in [-0.39, 0.29) is 5.69 Å². The second-order valence-corrected chi connectivity index (χ2v) is 7.59. The molecule has 28 heavy (non-hydrogen) atoms. The van der Waals surface area contributed by atoms with Crippen LogP contribution in [0.3, 0.4) is 0 Å². The highest BCUT2D eigenvalue weighted by atomic mass is 79.9. The molecule has 0 radical (unpaired) electrons. The van der Waals surface area contributed by atoms with Crippen LogP contribution in [-0.2, 0) is 6.18 Å². The van der Waals surface area contributed by atoms with E-state index in [1.165, 1.54) is 24.3 Å². The number of halogens is 6.